The van der Waals surface area contributed by atoms with Gasteiger partial charge in [0.1, 0.15) is 12.4 Å². The average Bonchev–Trinajstić information content (AvgIpc) is 2.38. The molecule has 0 spiro atoms. The van der Waals surface area contributed by atoms with E-state index in [4.69, 9.17) is 10.5 Å². The molecule has 2 aromatic carbocycles. The topological polar surface area (TPSA) is 35.2 Å². The van der Waals surface area contributed by atoms with Gasteiger partial charge >= 0.3 is 0 Å². The van der Waals surface area contributed by atoms with Crippen molar-refractivity contribution in [3.05, 3.63) is 58.1 Å². The molecule has 2 nitrogen and oxygen atoms in total. The Morgan fingerprint density at radius 1 is 1.16 bits per heavy atom. The molecule has 0 aliphatic carbocycles. The highest BCUT2D eigenvalue weighted by molar-refractivity contribution is 9.10. The number of halogens is 1. The van der Waals surface area contributed by atoms with Crippen molar-refractivity contribution in [1.82, 2.24) is 0 Å². The van der Waals surface area contributed by atoms with Gasteiger partial charge in [0.05, 0.1) is 0 Å². The lowest BCUT2D eigenvalue weighted by Crippen LogP contribution is -2.02. The molecule has 0 bridgehead atoms. The molecule has 0 fully saturated rings. The van der Waals surface area contributed by atoms with Crippen molar-refractivity contribution < 1.29 is 4.74 Å². The third-order valence-corrected chi connectivity index (χ3v) is 3.53. The van der Waals surface area contributed by atoms with Gasteiger partial charge in [-0.1, -0.05) is 48.0 Å². The summed E-state index contributed by atoms with van der Waals surface area (Å²) in [5.74, 6) is 1.34. The van der Waals surface area contributed by atoms with E-state index in [1.807, 2.05) is 36.4 Å². The van der Waals surface area contributed by atoms with E-state index in [2.05, 4.69) is 35.8 Å². The van der Waals surface area contributed by atoms with E-state index in [0.29, 0.717) is 12.5 Å². The first-order valence-corrected chi connectivity index (χ1v) is 7.13. The molecule has 0 saturated carbocycles. The number of hydrogen-bond donors (Lipinski definition) is 1. The summed E-state index contributed by atoms with van der Waals surface area (Å²) >= 11 is 3.50. The van der Waals surface area contributed by atoms with Crippen molar-refractivity contribution >= 4 is 21.6 Å². The van der Waals surface area contributed by atoms with Gasteiger partial charge < -0.3 is 10.5 Å². The zero-order chi connectivity index (χ0) is 13.8. The Balaban J connectivity index is 2.18. The number of hydrogen-bond acceptors (Lipinski definition) is 2. The molecule has 0 aliphatic rings. The number of anilines is 1. The van der Waals surface area contributed by atoms with Gasteiger partial charge in [0.15, 0.2) is 0 Å². The van der Waals surface area contributed by atoms with Crippen LogP contribution in [0.3, 0.4) is 0 Å². The molecule has 2 rings (SSSR count). The normalized spacial score (nSPS) is 10.7. The minimum atomic E-state index is 0.417. The van der Waals surface area contributed by atoms with Crippen molar-refractivity contribution in [1.29, 1.82) is 0 Å². The molecular weight excluding hydrogens is 302 g/mol. The standard InChI is InChI=1S/C16H18BrNO/c1-11(2)14-9-13(17)7-8-16(14)19-10-12-5-3-4-6-15(12)18/h3-9,11H,10,18H2,1-2H3. The summed E-state index contributed by atoms with van der Waals surface area (Å²) in [5, 5.41) is 0. The van der Waals surface area contributed by atoms with E-state index < -0.39 is 0 Å². The molecule has 0 atom stereocenters. The van der Waals surface area contributed by atoms with Gasteiger partial charge in [-0.3, -0.25) is 0 Å². The smallest absolute Gasteiger partial charge is 0.123 e. The van der Waals surface area contributed by atoms with E-state index in [-0.39, 0.29) is 0 Å². The van der Waals surface area contributed by atoms with Crippen molar-refractivity contribution in [2.24, 2.45) is 0 Å². The summed E-state index contributed by atoms with van der Waals surface area (Å²) in [6, 6.07) is 13.9. The van der Waals surface area contributed by atoms with Crippen LogP contribution in [0.2, 0.25) is 0 Å². The van der Waals surface area contributed by atoms with Crippen LogP contribution in [0.1, 0.15) is 30.9 Å². The van der Waals surface area contributed by atoms with E-state index in [1.54, 1.807) is 0 Å². The van der Waals surface area contributed by atoms with Gasteiger partial charge in [-0.25, -0.2) is 0 Å². The molecule has 0 aliphatic heterocycles. The highest BCUT2D eigenvalue weighted by Gasteiger charge is 2.09. The maximum absolute atomic E-state index is 5.92. The second kappa shape index (κ2) is 6.11. The van der Waals surface area contributed by atoms with Crippen LogP contribution in [0, 0.1) is 0 Å². The van der Waals surface area contributed by atoms with Crippen LogP contribution in [-0.4, -0.2) is 0 Å². The third-order valence-electron chi connectivity index (χ3n) is 3.03. The number of nitrogens with two attached hydrogens (primary N) is 1. The first kappa shape index (κ1) is 13.9. The molecule has 0 radical (unpaired) electrons. The molecular formula is C16H18BrNO. The largest absolute Gasteiger partial charge is 0.489 e. The van der Waals surface area contributed by atoms with Gasteiger partial charge in [0, 0.05) is 15.7 Å². The number of benzene rings is 2. The van der Waals surface area contributed by atoms with E-state index in [0.717, 1.165) is 21.5 Å². The Labute approximate surface area is 122 Å². The monoisotopic (exact) mass is 319 g/mol. The first-order valence-electron chi connectivity index (χ1n) is 6.33. The van der Waals surface area contributed by atoms with Crippen LogP contribution in [0.25, 0.3) is 0 Å². The average molecular weight is 320 g/mol. The number of rotatable bonds is 4. The van der Waals surface area contributed by atoms with Gasteiger partial charge in [-0.05, 0) is 35.7 Å². The number of nitrogen functional groups attached to an aromatic ring is 1. The van der Waals surface area contributed by atoms with E-state index in [9.17, 15) is 0 Å². The Bertz CT molecular complexity index is 566. The maximum atomic E-state index is 5.92. The molecule has 0 saturated heterocycles. The molecule has 0 heterocycles. The van der Waals surface area contributed by atoms with Crippen LogP contribution in [0.4, 0.5) is 5.69 Å². The fourth-order valence-electron chi connectivity index (χ4n) is 1.92. The molecule has 0 aromatic heterocycles. The molecule has 100 valence electrons. The summed E-state index contributed by atoms with van der Waals surface area (Å²) in [5.41, 5.74) is 8.90. The van der Waals surface area contributed by atoms with Crippen molar-refractivity contribution in [3.63, 3.8) is 0 Å². The van der Waals surface area contributed by atoms with Gasteiger partial charge in [-0.2, -0.15) is 0 Å². The lowest BCUT2D eigenvalue weighted by molar-refractivity contribution is 0.302. The zero-order valence-electron chi connectivity index (χ0n) is 11.2. The minimum Gasteiger partial charge on any atom is -0.489 e. The lowest BCUT2D eigenvalue weighted by Gasteiger charge is -2.15. The van der Waals surface area contributed by atoms with Crippen molar-refractivity contribution in [3.8, 4) is 5.75 Å². The Morgan fingerprint density at radius 3 is 2.58 bits per heavy atom. The van der Waals surface area contributed by atoms with Crippen LogP contribution < -0.4 is 10.5 Å². The number of para-hydroxylation sites is 1. The van der Waals surface area contributed by atoms with Crippen LogP contribution in [0.15, 0.2) is 46.9 Å². The predicted molar refractivity (Wildman–Crippen MR) is 83.4 cm³/mol. The quantitative estimate of drug-likeness (QED) is 0.826. The Hall–Kier alpha value is -1.48. The molecule has 2 aromatic rings. The molecule has 3 heteroatoms. The van der Waals surface area contributed by atoms with Crippen LogP contribution >= 0.6 is 15.9 Å². The zero-order valence-corrected chi connectivity index (χ0v) is 12.8. The van der Waals surface area contributed by atoms with Gasteiger partial charge in [-0.15, -0.1) is 0 Å². The second-order valence-corrected chi connectivity index (χ2v) is 5.74. The van der Waals surface area contributed by atoms with Crippen LogP contribution in [-0.2, 0) is 6.61 Å². The summed E-state index contributed by atoms with van der Waals surface area (Å²) in [6.07, 6.45) is 0. The summed E-state index contributed by atoms with van der Waals surface area (Å²) in [4.78, 5) is 0. The SMILES string of the molecule is CC(C)c1cc(Br)ccc1OCc1ccccc1N. The molecule has 19 heavy (non-hydrogen) atoms. The van der Waals surface area contributed by atoms with Crippen molar-refractivity contribution in [2.45, 2.75) is 26.4 Å². The Kier molecular flexibility index (Phi) is 4.48. The van der Waals surface area contributed by atoms with Crippen LogP contribution in [0.5, 0.6) is 5.75 Å². The lowest BCUT2D eigenvalue weighted by atomic mass is 10.0. The van der Waals surface area contributed by atoms with Crippen molar-refractivity contribution in [2.75, 3.05) is 5.73 Å². The highest BCUT2D eigenvalue weighted by atomic mass is 79.9. The molecule has 0 unspecified atom stereocenters. The third kappa shape index (κ3) is 3.51. The fourth-order valence-corrected chi connectivity index (χ4v) is 2.30. The molecule has 2 N–H and O–H groups in total. The highest BCUT2D eigenvalue weighted by Crippen LogP contribution is 2.30. The molecule has 0 amide bonds. The summed E-state index contributed by atoms with van der Waals surface area (Å²) in [7, 11) is 0. The first-order chi connectivity index (χ1) is 9.08. The second-order valence-electron chi connectivity index (χ2n) is 4.82. The summed E-state index contributed by atoms with van der Waals surface area (Å²) < 4.78 is 6.99. The van der Waals surface area contributed by atoms with Gasteiger partial charge in [0.2, 0.25) is 0 Å². The number of ether oxygens (including phenoxy) is 1. The Morgan fingerprint density at radius 2 is 1.89 bits per heavy atom. The van der Waals surface area contributed by atoms with Gasteiger partial charge in [0.25, 0.3) is 0 Å². The minimum absolute atomic E-state index is 0.417. The fraction of sp³-hybridized carbons (Fsp3) is 0.250. The summed E-state index contributed by atoms with van der Waals surface area (Å²) in [6.45, 7) is 4.81. The van der Waals surface area contributed by atoms with E-state index >= 15 is 0 Å². The maximum Gasteiger partial charge on any atom is 0.123 e. The predicted octanol–water partition coefficient (Wildman–Crippen LogP) is 4.73. The van der Waals surface area contributed by atoms with E-state index in [1.165, 1.54) is 5.56 Å².